The maximum atomic E-state index is 8.97. The zero-order valence-electron chi connectivity index (χ0n) is 12.8. The third-order valence-corrected chi connectivity index (χ3v) is 3.83. The summed E-state index contributed by atoms with van der Waals surface area (Å²) in [6.07, 6.45) is 1.12. The topological polar surface area (TPSA) is 39.1 Å². The lowest BCUT2D eigenvalue weighted by Crippen LogP contribution is -2.27. The van der Waals surface area contributed by atoms with Gasteiger partial charge in [0.25, 0.3) is 0 Å². The van der Waals surface area contributed by atoms with Crippen molar-refractivity contribution in [1.82, 2.24) is 5.32 Å². The van der Waals surface area contributed by atoms with E-state index < -0.39 is 0 Å². The summed E-state index contributed by atoms with van der Waals surface area (Å²) in [5, 5.41) is 12.5. The molecule has 0 saturated heterocycles. The van der Waals surface area contributed by atoms with Gasteiger partial charge in [-0.15, -0.1) is 0 Å². The van der Waals surface area contributed by atoms with Crippen molar-refractivity contribution < 1.29 is 0 Å². The summed E-state index contributed by atoms with van der Waals surface area (Å²) in [6.45, 7) is 8.05. The van der Waals surface area contributed by atoms with Crippen LogP contribution in [0.5, 0.6) is 0 Å². The van der Waals surface area contributed by atoms with Gasteiger partial charge in [-0.2, -0.15) is 5.26 Å². The van der Waals surface area contributed by atoms with Crippen LogP contribution in [0.25, 0.3) is 0 Å². The number of benzene rings is 1. The predicted octanol–water partition coefficient (Wildman–Crippen LogP) is 4.11. The number of hydrogen-bond acceptors (Lipinski definition) is 3. The lowest BCUT2D eigenvalue weighted by Gasteiger charge is -2.26. The van der Waals surface area contributed by atoms with Crippen molar-refractivity contribution in [3.8, 4) is 6.07 Å². The van der Waals surface area contributed by atoms with E-state index in [1.807, 2.05) is 14.0 Å². The first kappa shape index (κ1) is 17.0. The molecule has 110 valence electrons. The Bertz CT molecular complexity index is 467. The third-order valence-electron chi connectivity index (χ3n) is 3.34. The summed E-state index contributed by atoms with van der Waals surface area (Å²) in [5.74, 6) is 0.0235. The summed E-state index contributed by atoms with van der Waals surface area (Å²) < 4.78 is 1.09. The quantitative estimate of drug-likeness (QED) is 0.813. The van der Waals surface area contributed by atoms with Crippen molar-refractivity contribution in [2.24, 2.45) is 5.92 Å². The highest BCUT2D eigenvalue weighted by Gasteiger charge is 2.15. The van der Waals surface area contributed by atoms with Crippen LogP contribution < -0.4 is 10.2 Å². The molecule has 1 rings (SSSR count). The van der Waals surface area contributed by atoms with E-state index >= 15 is 0 Å². The van der Waals surface area contributed by atoms with Gasteiger partial charge in [-0.05, 0) is 50.6 Å². The van der Waals surface area contributed by atoms with Crippen LogP contribution in [0, 0.1) is 17.2 Å². The van der Waals surface area contributed by atoms with Crippen molar-refractivity contribution in [3.63, 3.8) is 0 Å². The summed E-state index contributed by atoms with van der Waals surface area (Å²) in [4.78, 5) is 2.17. The molecule has 0 heterocycles. The molecule has 2 unspecified atom stereocenters. The Hall–Kier alpha value is -1.05. The molecule has 0 fully saturated rings. The predicted molar refractivity (Wildman–Crippen MR) is 88.9 cm³/mol. The van der Waals surface area contributed by atoms with Crippen molar-refractivity contribution in [3.05, 3.63) is 28.2 Å². The van der Waals surface area contributed by atoms with Gasteiger partial charge in [0.1, 0.15) is 0 Å². The first-order valence-electron chi connectivity index (χ1n) is 7.13. The Morgan fingerprint density at radius 1 is 1.40 bits per heavy atom. The van der Waals surface area contributed by atoms with E-state index in [4.69, 9.17) is 5.26 Å². The second-order valence-corrected chi connectivity index (χ2v) is 6.21. The Morgan fingerprint density at radius 2 is 2.10 bits per heavy atom. The SMILES string of the molecule is CCCNC(C)c1cc(Br)ccc1N(C)CC(C)C#N. The van der Waals surface area contributed by atoms with Crippen LogP contribution >= 0.6 is 15.9 Å². The highest BCUT2D eigenvalue weighted by atomic mass is 79.9. The van der Waals surface area contributed by atoms with Gasteiger partial charge in [0, 0.05) is 29.8 Å². The molecular formula is C16H24BrN3. The van der Waals surface area contributed by atoms with Crippen molar-refractivity contribution in [1.29, 1.82) is 5.26 Å². The molecule has 0 aliphatic heterocycles. The largest absolute Gasteiger partial charge is 0.373 e. The number of nitriles is 1. The fourth-order valence-electron chi connectivity index (χ4n) is 2.24. The van der Waals surface area contributed by atoms with E-state index in [-0.39, 0.29) is 5.92 Å². The van der Waals surface area contributed by atoms with E-state index in [1.54, 1.807) is 0 Å². The van der Waals surface area contributed by atoms with Crippen molar-refractivity contribution >= 4 is 21.6 Å². The minimum atomic E-state index is 0.0235. The van der Waals surface area contributed by atoms with E-state index in [9.17, 15) is 0 Å². The Kier molecular flexibility index (Phi) is 7.04. The molecule has 0 spiro atoms. The highest BCUT2D eigenvalue weighted by Crippen LogP contribution is 2.29. The monoisotopic (exact) mass is 337 g/mol. The molecular weight excluding hydrogens is 314 g/mol. The molecule has 2 atom stereocenters. The van der Waals surface area contributed by atoms with Crippen LogP contribution in [0.15, 0.2) is 22.7 Å². The number of halogens is 1. The maximum Gasteiger partial charge on any atom is 0.0671 e. The molecule has 1 aromatic carbocycles. The minimum absolute atomic E-state index is 0.0235. The number of nitrogens with one attached hydrogen (secondary N) is 1. The first-order chi connectivity index (χ1) is 9.49. The standard InChI is InChI=1S/C16H24BrN3/c1-5-8-19-13(3)15-9-14(17)6-7-16(15)20(4)11-12(2)10-18/h6-7,9,12-13,19H,5,8,11H2,1-4H3. The average molecular weight is 338 g/mol. The Labute approximate surface area is 131 Å². The fourth-order valence-corrected chi connectivity index (χ4v) is 2.62. The summed E-state index contributed by atoms with van der Waals surface area (Å²) in [5.41, 5.74) is 2.45. The van der Waals surface area contributed by atoms with Gasteiger partial charge in [-0.1, -0.05) is 22.9 Å². The lowest BCUT2D eigenvalue weighted by molar-refractivity contribution is 0.568. The molecule has 0 radical (unpaired) electrons. The van der Waals surface area contributed by atoms with Crippen LogP contribution in [0.2, 0.25) is 0 Å². The third kappa shape index (κ3) is 4.81. The first-order valence-corrected chi connectivity index (χ1v) is 7.92. The van der Waals surface area contributed by atoms with Crippen molar-refractivity contribution in [2.45, 2.75) is 33.2 Å². The number of hydrogen-bond donors (Lipinski definition) is 1. The van der Waals surface area contributed by atoms with E-state index in [1.165, 1.54) is 11.3 Å². The number of anilines is 1. The van der Waals surface area contributed by atoms with Gasteiger partial charge in [-0.25, -0.2) is 0 Å². The Morgan fingerprint density at radius 3 is 2.70 bits per heavy atom. The van der Waals surface area contributed by atoms with Crippen LogP contribution in [-0.2, 0) is 0 Å². The summed E-state index contributed by atoms with van der Waals surface area (Å²) in [7, 11) is 2.05. The van der Waals surface area contributed by atoms with Gasteiger partial charge in [0.05, 0.1) is 12.0 Å². The molecule has 0 amide bonds. The average Bonchev–Trinajstić information content (AvgIpc) is 2.44. The number of nitrogens with zero attached hydrogens (tertiary/aromatic N) is 2. The van der Waals surface area contributed by atoms with Gasteiger partial charge < -0.3 is 10.2 Å². The van der Waals surface area contributed by atoms with Crippen LogP contribution in [-0.4, -0.2) is 20.1 Å². The summed E-state index contributed by atoms with van der Waals surface area (Å²) >= 11 is 3.55. The van der Waals surface area contributed by atoms with Crippen LogP contribution in [0.1, 0.15) is 38.8 Å². The molecule has 0 bridgehead atoms. The van der Waals surface area contributed by atoms with Crippen LogP contribution in [0.4, 0.5) is 5.69 Å². The summed E-state index contributed by atoms with van der Waals surface area (Å²) in [6, 6.07) is 8.92. The maximum absolute atomic E-state index is 8.97. The van der Waals surface area contributed by atoms with E-state index in [0.717, 1.165) is 24.0 Å². The molecule has 1 N–H and O–H groups in total. The minimum Gasteiger partial charge on any atom is -0.373 e. The van der Waals surface area contributed by atoms with Gasteiger partial charge in [0.2, 0.25) is 0 Å². The smallest absolute Gasteiger partial charge is 0.0671 e. The second-order valence-electron chi connectivity index (χ2n) is 5.29. The van der Waals surface area contributed by atoms with Crippen LogP contribution in [0.3, 0.4) is 0 Å². The lowest BCUT2D eigenvalue weighted by atomic mass is 10.0. The number of rotatable bonds is 7. The fraction of sp³-hybridized carbons (Fsp3) is 0.562. The molecule has 0 aromatic heterocycles. The normalized spacial score (nSPS) is 13.6. The zero-order chi connectivity index (χ0) is 15.1. The second kappa shape index (κ2) is 8.28. The molecule has 0 aliphatic rings. The van der Waals surface area contributed by atoms with Gasteiger partial charge in [0.15, 0.2) is 0 Å². The molecule has 4 heteroatoms. The zero-order valence-corrected chi connectivity index (χ0v) is 14.4. The molecule has 20 heavy (non-hydrogen) atoms. The van der Waals surface area contributed by atoms with Gasteiger partial charge >= 0.3 is 0 Å². The molecule has 0 aliphatic carbocycles. The molecule has 0 saturated carbocycles. The highest BCUT2D eigenvalue weighted by molar-refractivity contribution is 9.10. The Balaban J connectivity index is 2.97. The van der Waals surface area contributed by atoms with Crippen molar-refractivity contribution in [2.75, 3.05) is 25.0 Å². The van der Waals surface area contributed by atoms with Gasteiger partial charge in [-0.3, -0.25) is 0 Å². The van der Waals surface area contributed by atoms with E-state index in [2.05, 4.69) is 64.3 Å². The molecule has 3 nitrogen and oxygen atoms in total. The van der Waals surface area contributed by atoms with E-state index in [0.29, 0.717) is 6.04 Å². The molecule has 1 aromatic rings.